The van der Waals surface area contributed by atoms with E-state index in [9.17, 15) is 18.0 Å². The molecule has 6 nitrogen and oxygen atoms in total. The van der Waals surface area contributed by atoms with E-state index >= 15 is 0 Å². The Morgan fingerprint density at radius 1 is 1.14 bits per heavy atom. The van der Waals surface area contributed by atoms with Gasteiger partial charge in [0, 0.05) is 19.7 Å². The van der Waals surface area contributed by atoms with E-state index < -0.39 is 6.36 Å². The number of ether oxygens (including phenoxy) is 3. The molecule has 0 unspecified atom stereocenters. The van der Waals surface area contributed by atoms with E-state index in [1.165, 1.54) is 54.5 Å². The number of nitriles is 1. The van der Waals surface area contributed by atoms with E-state index in [4.69, 9.17) is 14.7 Å². The first kappa shape index (κ1) is 20.9. The molecule has 9 heteroatoms. The van der Waals surface area contributed by atoms with Crippen molar-refractivity contribution >= 4 is 5.91 Å². The predicted octanol–water partition coefficient (Wildman–Crippen LogP) is 3.50. The molecule has 0 fully saturated rings. The number of alkyl halides is 3. The molecular formula is C19H17F3N2O4. The minimum atomic E-state index is -4.75. The number of rotatable bonds is 7. The van der Waals surface area contributed by atoms with Crippen LogP contribution in [0.15, 0.2) is 42.5 Å². The molecule has 0 radical (unpaired) electrons. The molecule has 0 heterocycles. The lowest BCUT2D eigenvalue weighted by Crippen LogP contribution is -2.31. The first-order valence-corrected chi connectivity index (χ1v) is 8.01. The van der Waals surface area contributed by atoms with E-state index in [1.54, 1.807) is 7.05 Å². The van der Waals surface area contributed by atoms with Crippen LogP contribution in [0.1, 0.15) is 11.1 Å². The fourth-order valence-corrected chi connectivity index (χ4v) is 2.26. The van der Waals surface area contributed by atoms with Crippen molar-refractivity contribution in [3.05, 3.63) is 53.6 Å². The average molecular weight is 394 g/mol. The summed E-state index contributed by atoms with van der Waals surface area (Å²) >= 11 is 0. The molecule has 0 aromatic heterocycles. The van der Waals surface area contributed by atoms with Crippen LogP contribution in [0.5, 0.6) is 17.2 Å². The SMILES string of the molecule is COc1cc(C#N)ccc1OCC(=O)N(C)Cc1ccc(OC(F)(F)F)cc1. The Labute approximate surface area is 159 Å². The number of likely N-dealkylation sites (N-methyl/N-ethyl adjacent to an activating group) is 1. The van der Waals surface area contributed by atoms with Crippen LogP contribution < -0.4 is 14.2 Å². The van der Waals surface area contributed by atoms with Crippen molar-refractivity contribution in [3.8, 4) is 23.3 Å². The maximum Gasteiger partial charge on any atom is 0.573 e. The molecule has 2 aromatic rings. The van der Waals surface area contributed by atoms with E-state index in [2.05, 4.69) is 4.74 Å². The molecule has 0 saturated carbocycles. The van der Waals surface area contributed by atoms with Crippen LogP contribution in [-0.4, -0.2) is 37.9 Å². The third-order valence-corrected chi connectivity index (χ3v) is 3.65. The zero-order chi connectivity index (χ0) is 20.7. The zero-order valence-corrected chi connectivity index (χ0v) is 15.1. The molecule has 0 aliphatic carbocycles. The summed E-state index contributed by atoms with van der Waals surface area (Å²) in [5.74, 6) is -0.0323. The summed E-state index contributed by atoms with van der Waals surface area (Å²) in [4.78, 5) is 13.6. The maximum atomic E-state index is 12.2. The number of methoxy groups -OCH3 is 1. The fourth-order valence-electron chi connectivity index (χ4n) is 2.26. The smallest absolute Gasteiger partial charge is 0.493 e. The van der Waals surface area contributed by atoms with Crippen molar-refractivity contribution in [2.75, 3.05) is 20.8 Å². The molecule has 148 valence electrons. The minimum Gasteiger partial charge on any atom is -0.493 e. The number of carbonyl (C=O) groups excluding carboxylic acids is 1. The van der Waals surface area contributed by atoms with Gasteiger partial charge in [0.05, 0.1) is 18.7 Å². The van der Waals surface area contributed by atoms with Gasteiger partial charge in [-0.3, -0.25) is 4.79 Å². The topological polar surface area (TPSA) is 71.8 Å². The number of hydrogen-bond donors (Lipinski definition) is 0. The van der Waals surface area contributed by atoms with Gasteiger partial charge in [-0.2, -0.15) is 5.26 Å². The van der Waals surface area contributed by atoms with Gasteiger partial charge in [-0.25, -0.2) is 0 Å². The minimum absolute atomic E-state index is 0.180. The van der Waals surface area contributed by atoms with Crippen molar-refractivity contribution in [3.63, 3.8) is 0 Å². The molecule has 1 amide bonds. The van der Waals surface area contributed by atoms with Crippen molar-refractivity contribution in [1.29, 1.82) is 5.26 Å². The lowest BCUT2D eigenvalue weighted by atomic mass is 10.2. The Morgan fingerprint density at radius 2 is 1.82 bits per heavy atom. The van der Waals surface area contributed by atoms with E-state index in [1.807, 2.05) is 6.07 Å². The summed E-state index contributed by atoms with van der Waals surface area (Å²) in [6.45, 7) is -0.0903. The summed E-state index contributed by atoms with van der Waals surface area (Å²) in [5.41, 5.74) is 1.02. The third kappa shape index (κ3) is 6.09. The van der Waals surface area contributed by atoms with Crippen LogP contribution in [0.3, 0.4) is 0 Å². The van der Waals surface area contributed by atoms with Crippen LogP contribution in [0.25, 0.3) is 0 Å². The molecule has 28 heavy (non-hydrogen) atoms. The van der Waals surface area contributed by atoms with Gasteiger partial charge in [0.25, 0.3) is 5.91 Å². The third-order valence-electron chi connectivity index (χ3n) is 3.65. The van der Waals surface area contributed by atoms with Gasteiger partial charge >= 0.3 is 6.36 Å². The molecule has 2 aromatic carbocycles. The van der Waals surface area contributed by atoms with Gasteiger partial charge in [0.2, 0.25) is 0 Å². The highest BCUT2D eigenvalue weighted by molar-refractivity contribution is 5.77. The molecule has 0 spiro atoms. The summed E-state index contributed by atoms with van der Waals surface area (Å²) < 4.78 is 50.9. The Balaban J connectivity index is 1.92. The fraction of sp³-hybridized carbons (Fsp3) is 0.263. The number of benzene rings is 2. The number of hydrogen-bond acceptors (Lipinski definition) is 5. The van der Waals surface area contributed by atoms with Crippen molar-refractivity contribution in [2.45, 2.75) is 12.9 Å². The van der Waals surface area contributed by atoms with Crippen molar-refractivity contribution in [1.82, 2.24) is 4.90 Å². The van der Waals surface area contributed by atoms with Crippen LogP contribution >= 0.6 is 0 Å². The summed E-state index contributed by atoms with van der Waals surface area (Å²) in [6, 6.07) is 11.8. The second-order valence-electron chi connectivity index (χ2n) is 5.71. The largest absolute Gasteiger partial charge is 0.573 e. The van der Waals surface area contributed by atoms with Gasteiger partial charge in [-0.05, 0) is 29.8 Å². The second kappa shape index (κ2) is 8.99. The summed E-state index contributed by atoms with van der Waals surface area (Å²) in [7, 11) is 2.96. The maximum absolute atomic E-state index is 12.2. The van der Waals surface area contributed by atoms with Crippen LogP contribution in [0, 0.1) is 11.3 Å². The monoisotopic (exact) mass is 394 g/mol. The lowest BCUT2D eigenvalue weighted by Gasteiger charge is -2.18. The Hall–Kier alpha value is -3.41. The Morgan fingerprint density at radius 3 is 2.39 bits per heavy atom. The van der Waals surface area contributed by atoms with Gasteiger partial charge in [0.1, 0.15) is 5.75 Å². The van der Waals surface area contributed by atoms with Crippen LogP contribution in [0.2, 0.25) is 0 Å². The highest BCUT2D eigenvalue weighted by atomic mass is 19.4. The molecule has 0 atom stereocenters. The number of carbonyl (C=O) groups is 1. The van der Waals surface area contributed by atoms with Gasteiger partial charge < -0.3 is 19.1 Å². The van der Waals surface area contributed by atoms with Crippen molar-refractivity contribution < 1.29 is 32.2 Å². The Kier molecular flexibility index (Phi) is 6.71. The average Bonchev–Trinajstić information content (AvgIpc) is 2.66. The molecule has 0 bridgehead atoms. The normalized spacial score (nSPS) is 10.7. The second-order valence-corrected chi connectivity index (χ2v) is 5.71. The number of amides is 1. The van der Waals surface area contributed by atoms with E-state index in [0.29, 0.717) is 22.6 Å². The molecule has 0 aliphatic rings. The van der Waals surface area contributed by atoms with Gasteiger partial charge in [-0.1, -0.05) is 12.1 Å². The van der Waals surface area contributed by atoms with Gasteiger partial charge in [0.15, 0.2) is 18.1 Å². The molecule has 0 N–H and O–H groups in total. The summed E-state index contributed by atoms with van der Waals surface area (Å²) in [6.07, 6.45) is -4.75. The molecule has 0 aliphatic heterocycles. The quantitative estimate of drug-likeness (QED) is 0.719. The van der Waals surface area contributed by atoms with E-state index in [-0.39, 0.29) is 24.8 Å². The van der Waals surface area contributed by atoms with Crippen molar-refractivity contribution in [2.24, 2.45) is 0 Å². The highest BCUT2D eigenvalue weighted by Gasteiger charge is 2.30. The first-order valence-electron chi connectivity index (χ1n) is 8.01. The zero-order valence-electron chi connectivity index (χ0n) is 15.1. The molecule has 0 saturated heterocycles. The summed E-state index contributed by atoms with van der Waals surface area (Å²) in [5, 5.41) is 8.88. The Bertz CT molecular complexity index is 861. The molecule has 2 rings (SSSR count). The number of nitrogens with zero attached hydrogens (tertiary/aromatic N) is 2. The highest BCUT2D eigenvalue weighted by Crippen LogP contribution is 2.28. The van der Waals surface area contributed by atoms with Crippen LogP contribution in [-0.2, 0) is 11.3 Å². The van der Waals surface area contributed by atoms with Gasteiger partial charge in [-0.15, -0.1) is 13.2 Å². The van der Waals surface area contributed by atoms with Crippen LogP contribution in [0.4, 0.5) is 13.2 Å². The standard InChI is InChI=1S/C19H17F3N2O4/c1-24(11-13-3-6-15(7-4-13)28-19(20,21)22)18(25)12-27-16-8-5-14(10-23)9-17(16)26-2/h3-9H,11-12H2,1-2H3. The first-order chi connectivity index (χ1) is 13.2. The predicted molar refractivity (Wildman–Crippen MR) is 92.8 cm³/mol. The molecular weight excluding hydrogens is 377 g/mol. The van der Waals surface area contributed by atoms with E-state index in [0.717, 1.165) is 0 Å². The number of halogens is 3. The lowest BCUT2D eigenvalue weighted by molar-refractivity contribution is -0.274.